The molecule has 3 heterocycles. The van der Waals surface area contributed by atoms with Gasteiger partial charge in [-0.2, -0.15) is 0 Å². The number of para-hydroxylation sites is 2. The molecule has 262 valence electrons. The zero-order valence-corrected chi connectivity index (χ0v) is 30.1. The Hall–Kier alpha value is -7.63. The molecule has 11 aromatic rings. The number of hydrogen-bond acceptors (Lipinski definition) is 5. The van der Waals surface area contributed by atoms with Crippen LogP contribution >= 0.6 is 0 Å². The molecule has 0 spiro atoms. The lowest BCUT2D eigenvalue weighted by Gasteiger charge is -2.13. The van der Waals surface area contributed by atoms with E-state index in [9.17, 15) is 0 Å². The lowest BCUT2D eigenvalue weighted by atomic mass is 9.93. The molecule has 3 aromatic heterocycles. The van der Waals surface area contributed by atoms with Crippen molar-refractivity contribution in [2.75, 3.05) is 0 Å². The molecule has 0 N–H and O–H groups in total. The van der Waals surface area contributed by atoms with E-state index in [-0.39, 0.29) is 0 Å². The maximum absolute atomic E-state index is 7.20. The van der Waals surface area contributed by atoms with Gasteiger partial charge in [0.25, 0.3) is 0 Å². The van der Waals surface area contributed by atoms with Gasteiger partial charge in [0.1, 0.15) is 22.3 Å². The number of fused-ring (bicyclic) bond motifs is 6. The van der Waals surface area contributed by atoms with Crippen LogP contribution in [0.4, 0.5) is 0 Å². The molecule has 5 nitrogen and oxygen atoms in total. The Labute approximate surface area is 322 Å². The van der Waals surface area contributed by atoms with Crippen LogP contribution < -0.4 is 0 Å². The van der Waals surface area contributed by atoms with E-state index < -0.39 is 0 Å². The highest BCUT2D eigenvalue weighted by Gasteiger charge is 2.23. The minimum absolute atomic E-state index is 0.565. The van der Waals surface area contributed by atoms with Crippen molar-refractivity contribution in [3.63, 3.8) is 0 Å². The second-order valence-electron chi connectivity index (χ2n) is 13.9. The van der Waals surface area contributed by atoms with Crippen LogP contribution in [0.3, 0.4) is 0 Å². The normalized spacial score (nSPS) is 11.6. The second-order valence-corrected chi connectivity index (χ2v) is 13.9. The van der Waals surface area contributed by atoms with Crippen molar-refractivity contribution in [3.05, 3.63) is 188 Å². The van der Waals surface area contributed by atoms with E-state index >= 15 is 0 Å². The van der Waals surface area contributed by atoms with E-state index in [0.717, 1.165) is 93.9 Å². The molecule has 0 saturated carbocycles. The first kappa shape index (κ1) is 31.9. The predicted molar refractivity (Wildman–Crippen MR) is 227 cm³/mol. The van der Waals surface area contributed by atoms with Gasteiger partial charge in [0.05, 0.1) is 0 Å². The van der Waals surface area contributed by atoms with Crippen molar-refractivity contribution in [1.29, 1.82) is 0 Å². The van der Waals surface area contributed by atoms with E-state index in [0.29, 0.717) is 17.5 Å². The second kappa shape index (κ2) is 13.0. The van der Waals surface area contributed by atoms with Crippen LogP contribution in [0, 0.1) is 0 Å². The van der Waals surface area contributed by atoms with Crippen LogP contribution in [0.25, 0.3) is 111 Å². The Morgan fingerprint density at radius 3 is 1.59 bits per heavy atom. The smallest absolute Gasteiger partial charge is 0.164 e. The molecule has 0 saturated heterocycles. The summed E-state index contributed by atoms with van der Waals surface area (Å²) in [5.41, 5.74) is 12.2. The van der Waals surface area contributed by atoms with Crippen LogP contribution in [-0.4, -0.2) is 15.0 Å². The third kappa shape index (κ3) is 5.29. The molecule has 0 atom stereocenters. The molecule has 0 unspecified atom stereocenters. The average Bonchev–Trinajstić information content (AvgIpc) is 3.86. The van der Waals surface area contributed by atoms with Crippen molar-refractivity contribution >= 4 is 43.9 Å². The van der Waals surface area contributed by atoms with Gasteiger partial charge < -0.3 is 8.83 Å². The molecule has 56 heavy (non-hydrogen) atoms. The summed E-state index contributed by atoms with van der Waals surface area (Å²) in [6, 6.07) is 64.4. The summed E-state index contributed by atoms with van der Waals surface area (Å²) in [5, 5.41) is 4.18. The van der Waals surface area contributed by atoms with Crippen LogP contribution in [-0.2, 0) is 0 Å². The Kier molecular flexibility index (Phi) is 7.42. The summed E-state index contributed by atoms with van der Waals surface area (Å²) < 4.78 is 13.5. The van der Waals surface area contributed by atoms with Gasteiger partial charge in [-0.1, -0.05) is 158 Å². The van der Waals surface area contributed by atoms with Crippen LogP contribution in [0.5, 0.6) is 0 Å². The summed E-state index contributed by atoms with van der Waals surface area (Å²) in [4.78, 5) is 15.3. The van der Waals surface area contributed by atoms with Gasteiger partial charge >= 0.3 is 0 Å². The van der Waals surface area contributed by atoms with Crippen molar-refractivity contribution < 1.29 is 8.83 Å². The highest BCUT2D eigenvalue weighted by Crippen LogP contribution is 2.46. The largest absolute Gasteiger partial charge is 0.456 e. The summed E-state index contributed by atoms with van der Waals surface area (Å²) in [5.74, 6) is 1.77. The maximum Gasteiger partial charge on any atom is 0.164 e. The topological polar surface area (TPSA) is 65.0 Å². The molecule has 0 amide bonds. The molecular formula is C51H31N3O2. The molecule has 0 radical (unpaired) electrons. The molecular weight excluding hydrogens is 687 g/mol. The Morgan fingerprint density at radius 2 is 0.839 bits per heavy atom. The molecule has 0 aliphatic rings. The monoisotopic (exact) mass is 717 g/mol. The van der Waals surface area contributed by atoms with Gasteiger partial charge in [0.2, 0.25) is 0 Å². The van der Waals surface area contributed by atoms with E-state index in [1.807, 2.05) is 84.9 Å². The first-order valence-electron chi connectivity index (χ1n) is 18.7. The van der Waals surface area contributed by atoms with Gasteiger partial charge in [-0.25, -0.2) is 15.0 Å². The Balaban J connectivity index is 1.21. The summed E-state index contributed by atoms with van der Waals surface area (Å²) in [6.45, 7) is 0. The van der Waals surface area contributed by atoms with Gasteiger partial charge in [-0.05, 0) is 52.6 Å². The third-order valence-electron chi connectivity index (χ3n) is 10.6. The molecule has 8 aromatic carbocycles. The number of benzene rings is 8. The highest BCUT2D eigenvalue weighted by molar-refractivity contribution is 6.19. The first-order valence-corrected chi connectivity index (χ1v) is 18.7. The van der Waals surface area contributed by atoms with Gasteiger partial charge in [0.15, 0.2) is 17.5 Å². The Morgan fingerprint density at radius 1 is 0.304 bits per heavy atom. The minimum Gasteiger partial charge on any atom is -0.456 e. The number of nitrogens with zero attached hydrogens (tertiary/aromatic N) is 3. The SMILES string of the molecule is c1ccc(-c2cccc(-c3c(-c4nc(-c5ccccc5)nc(-c5ccccc5)n4)ccc4c3oc3c(-c5cccc6oc7ccccc7c56)cccc34)c2)cc1. The number of aromatic nitrogens is 3. The molecule has 0 aliphatic heterocycles. The molecule has 0 aliphatic carbocycles. The molecule has 0 fully saturated rings. The van der Waals surface area contributed by atoms with E-state index in [1.54, 1.807) is 0 Å². The standard InChI is InChI=1S/C51H31N3O2/c1-4-15-32(16-5-1)35-21-12-22-36(31-35)45-42(51-53-49(33-17-6-2-7-18-33)52-50(54-51)34-19-8-3-9-20-34)30-29-40-39-26-13-25-38(47(39)56-48(40)45)37-24-14-28-44-46(37)41-23-10-11-27-43(41)55-44/h1-31H. The van der Waals surface area contributed by atoms with Crippen molar-refractivity contribution in [2.45, 2.75) is 0 Å². The van der Waals surface area contributed by atoms with Crippen molar-refractivity contribution in [3.8, 4) is 67.5 Å². The summed E-state index contributed by atoms with van der Waals surface area (Å²) >= 11 is 0. The lowest BCUT2D eigenvalue weighted by Crippen LogP contribution is -2.01. The summed E-state index contributed by atoms with van der Waals surface area (Å²) in [6.07, 6.45) is 0. The third-order valence-corrected chi connectivity index (χ3v) is 10.6. The molecule has 0 bridgehead atoms. The van der Waals surface area contributed by atoms with Crippen LogP contribution in [0.2, 0.25) is 0 Å². The highest BCUT2D eigenvalue weighted by atomic mass is 16.3. The van der Waals surface area contributed by atoms with Crippen LogP contribution in [0.15, 0.2) is 197 Å². The van der Waals surface area contributed by atoms with Gasteiger partial charge in [-0.3, -0.25) is 0 Å². The number of hydrogen-bond donors (Lipinski definition) is 0. The number of rotatable bonds is 6. The van der Waals surface area contributed by atoms with Crippen molar-refractivity contribution in [1.82, 2.24) is 15.0 Å². The first-order chi connectivity index (χ1) is 27.8. The fraction of sp³-hybridized carbons (Fsp3) is 0. The fourth-order valence-corrected chi connectivity index (χ4v) is 7.96. The van der Waals surface area contributed by atoms with Crippen molar-refractivity contribution in [2.24, 2.45) is 0 Å². The van der Waals surface area contributed by atoms with E-state index in [1.165, 1.54) is 0 Å². The zero-order valence-electron chi connectivity index (χ0n) is 30.1. The van der Waals surface area contributed by atoms with Gasteiger partial charge in [-0.15, -0.1) is 0 Å². The van der Waals surface area contributed by atoms with E-state index in [4.69, 9.17) is 23.8 Å². The molecule has 11 rings (SSSR count). The lowest BCUT2D eigenvalue weighted by molar-refractivity contribution is 0.669. The Bertz CT molecular complexity index is 3180. The number of furan rings is 2. The van der Waals surface area contributed by atoms with Crippen LogP contribution in [0.1, 0.15) is 0 Å². The van der Waals surface area contributed by atoms with Gasteiger partial charge in [0, 0.05) is 49.4 Å². The van der Waals surface area contributed by atoms with E-state index in [2.05, 4.69) is 103 Å². The predicted octanol–water partition coefficient (Wildman–Crippen LogP) is 13.7. The summed E-state index contributed by atoms with van der Waals surface area (Å²) in [7, 11) is 0. The quantitative estimate of drug-likeness (QED) is 0.171. The minimum atomic E-state index is 0.565. The average molecular weight is 718 g/mol. The zero-order chi connectivity index (χ0) is 37.0. The fourth-order valence-electron chi connectivity index (χ4n) is 7.96. The maximum atomic E-state index is 7.20. The molecule has 5 heteroatoms.